The van der Waals surface area contributed by atoms with Crippen molar-refractivity contribution in [2.75, 3.05) is 26.2 Å². The molecule has 1 aromatic carbocycles. The summed E-state index contributed by atoms with van der Waals surface area (Å²) in [7, 11) is 0. The maximum Gasteiger partial charge on any atom is 0.294 e. The highest BCUT2D eigenvalue weighted by Crippen LogP contribution is 2.22. The zero-order valence-corrected chi connectivity index (χ0v) is 17.5. The molecular formula is C22H22N6O4. The highest BCUT2D eigenvalue weighted by molar-refractivity contribution is 5.92. The summed E-state index contributed by atoms with van der Waals surface area (Å²) in [5.41, 5.74) is 0.856. The van der Waals surface area contributed by atoms with Crippen LogP contribution in [0, 0.1) is 17.0 Å². The van der Waals surface area contributed by atoms with Crippen LogP contribution >= 0.6 is 0 Å². The molecule has 0 unspecified atom stereocenters. The number of benzene rings is 1. The molecule has 1 amide bonds. The Morgan fingerprint density at radius 2 is 1.78 bits per heavy atom. The first-order valence-corrected chi connectivity index (χ1v) is 10.2. The average Bonchev–Trinajstić information content (AvgIpc) is 2.80. The van der Waals surface area contributed by atoms with Gasteiger partial charge in [0.25, 0.3) is 11.6 Å². The van der Waals surface area contributed by atoms with Gasteiger partial charge in [0.2, 0.25) is 5.43 Å². The second-order valence-electron chi connectivity index (χ2n) is 7.58. The van der Waals surface area contributed by atoms with Crippen LogP contribution in [-0.4, -0.2) is 61.6 Å². The quantitative estimate of drug-likeness (QED) is 0.444. The van der Waals surface area contributed by atoms with Crippen molar-refractivity contribution in [1.29, 1.82) is 0 Å². The zero-order chi connectivity index (χ0) is 22.7. The summed E-state index contributed by atoms with van der Waals surface area (Å²) < 4.78 is 1.28. The molecule has 3 heterocycles. The van der Waals surface area contributed by atoms with Crippen LogP contribution in [0.4, 0.5) is 5.69 Å². The Balaban J connectivity index is 1.54. The number of carbonyl (C=O) groups is 1. The molecular weight excluding hydrogens is 412 g/mol. The fraction of sp³-hybridized carbons (Fsp3) is 0.273. The van der Waals surface area contributed by atoms with Crippen molar-refractivity contribution in [3.05, 3.63) is 92.1 Å². The fourth-order valence-electron chi connectivity index (χ4n) is 3.74. The van der Waals surface area contributed by atoms with Crippen LogP contribution in [0.25, 0.3) is 5.69 Å². The summed E-state index contributed by atoms with van der Waals surface area (Å²) in [6.45, 7) is 4.64. The molecule has 0 N–H and O–H groups in total. The van der Waals surface area contributed by atoms with Crippen LogP contribution < -0.4 is 5.43 Å². The molecule has 0 spiro atoms. The van der Waals surface area contributed by atoms with Gasteiger partial charge in [-0.1, -0.05) is 12.1 Å². The lowest BCUT2D eigenvalue weighted by Crippen LogP contribution is -2.49. The molecule has 0 radical (unpaired) electrons. The number of aromatic nitrogens is 3. The lowest BCUT2D eigenvalue weighted by molar-refractivity contribution is -0.384. The number of nitrogens with zero attached hydrogens (tertiary/aromatic N) is 6. The molecule has 164 valence electrons. The van der Waals surface area contributed by atoms with E-state index >= 15 is 0 Å². The monoisotopic (exact) mass is 434 g/mol. The van der Waals surface area contributed by atoms with Crippen molar-refractivity contribution in [1.82, 2.24) is 24.6 Å². The Labute approximate surface area is 183 Å². The van der Waals surface area contributed by atoms with Crippen molar-refractivity contribution >= 4 is 11.6 Å². The van der Waals surface area contributed by atoms with Gasteiger partial charge in [-0.15, -0.1) is 0 Å². The van der Waals surface area contributed by atoms with Crippen molar-refractivity contribution in [3.63, 3.8) is 0 Å². The van der Waals surface area contributed by atoms with Crippen LogP contribution in [0.3, 0.4) is 0 Å². The van der Waals surface area contributed by atoms with E-state index in [0.29, 0.717) is 31.9 Å². The highest BCUT2D eigenvalue weighted by atomic mass is 16.6. The highest BCUT2D eigenvalue weighted by Gasteiger charge is 2.26. The predicted molar refractivity (Wildman–Crippen MR) is 117 cm³/mol. The summed E-state index contributed by atoms with van der Waals surface area (Å²) in [5.74, 6) is -0.467. The number of nitro benzene ring substituents is 1. The van der Waals surface area contributed by atoms with Gasteiger partial charge < -0.3 is 4.90 Å². The molecule has 1 fully saturated rings. The Morgan fingerprint density at radius 1 is 1.09 bits per heavy atom. The van der Waals surface area contributed by atoms with E-state index in [-0.39, 0.29) is 17.1 Å². The molecule has 0 aliphatic carbocycles. The van der Waals surface area contributed by atoms with E-state index < -0.39 is 16.3 Å². The van der Waals surface area contributed by atoms with Gasteiger partial charge in [0.05, 0.1) is 4.92 Å². The number of hydrogen-bond donors (Lipinski definition) is 0. The van der Waals surface area contributed by atoms with E-state index in [0.717, 1.165) is 12.1 Å². The zero-order valence-electron chi connectivity index (χ0n) is 17.5. The van der Waals surface area contributed by atoms with Crippen LogP contribution in [-0.2, 0) is 6.54 Å². The van der Waals surface area contributed by atoms with Gasteiger partial charge in [0, 0.05) is 62.9 Å². The van der Waals surface area contributed by atoms with Gasteiger partial charge in [0.15, 0.2) is 5.69 Å². The summed E-state index contributed by atoms with van der Waals surface area (Å²) in [5, 5.41) is 15.7. The molecule has 32 heavy (non-hydrogen) atoms. The molecule has 3 aromatic rings. The van der Waals surface area contributed by atoms with Crippen molar-refractivity contribution in [3.8, 4) is 5.69 Å². The molecule has 2 aromatic heterocycles. The van der Waals surface area contributed by atoms with Gasteiger partial charge in [-0.2, -0.15) is 5.10 Å². The minimum Gasteiger partial charge on any atom is -0.335 e. The molecule has 0 saturated carbocycles. The fourth-order valence-corrected chi connectivity index (χ4v) is 3.74. The van der Waals surface area contributed by atoms with Crippen molar-refractivity contribution in [2.45, 2.75) is 13.5 Å². The number of aryl methyl sites for hydroxylation is 1. The number of hydrogen-bond acceptors (Lipinski definition) is 7. The topological polar surface area (TPSA) is 114 Å². The third kappa shape index (κ3) is 4.40. The average molecular weight is 434 g/mol. The second kappa shape index (κ2) is 9.06. The molecule has 1 saturated heterocycles. The molecule has 0 atom stereocenters. The third-order valence-electron chi connectivity index (χ3n) is 5.43. The van der Waals surface area contributed by atoms with Gasteiger partial charge in [-0.25, -0.2) is 4.68 Å². The normalized spacial score (nSPS) is 14.3. The molecule has 1 aliphatic heterocycles. The molecule has 1 aliphatic rings. The minimum absolute atomic E-state index is 0.158. The minimum atomic E-state index is -0.516. The smallest absolute Gasteiger partial charge is 0.294 e. The first-order valence-electron chi connectivity index (χ1n) is 10.2. The van der Waals surface area contributed by atoms with Crippen LogP contribution in [0.1, 0.15) is 21.7 Å². The van der Waals surface area contributed by atoms with E-state index in [2.05, 4.69) is 15.0 Å². The van der Waals surface area contributed by atoms with Gasteiger partial charge in [-0.05, 0) is 30.7 Å². The van der Waals surface area contributed by atoms with E-state index in [1.165, 1.54) is 22.9 Å². The van der Waals surface area contributed by atoms with Crippen LogP contribution in [0.15, 0.2) is 59.7 Å². The lowest BCUT2D eigenvalue weighted by Gasteiger charge is -2.34. The van der Waals surface area contributed by atoms with E-state index in [1.807, 2.05) is 12.1 Å². The summed E-state index contributed by atoms with van der Waals surface area (Å²) in [6, 6.07) is 11.3. The van der Waals surface area contributed by atoms with Gasteiger partial charge in [-0.3, -0.25) is 29.6 Å². The summed E-state index contributed by atoms with van der Waals surface area (Å²) >= 11 is 0. The number of pyridine rings is 1. The number of rotatable bonds is 5. The Bertz CT molecular complexity index is 1200. The molecule has 10 heteroatoms. The SMILES string of the molecule is Cc1cc(=O)c(C(=O)N2CCN(Cc3ccncc3)CC2)nn1-c1ccccc1[N+](=O)[O-]. The summed E-state index contributed by atoms with van der Waals surface area (Å²) in [6.07, 6.45) is 3.50. The van der Waals surface area contributed by atoms with E-state index in [1.54, 1.807) is 36.4 Å². The molecule has 10 nitrogen and oxygen atoms in total. The molecule has 0 bridgehead atoms. The second-order valence-corrected chi connectivity index (χ2v) is 7.58. The maximum atomic E-state index is 13.1. The van der Waals surface area contributed by atoms with Crippen molar-refractivity contribution in [2.24, 2.45) is 0 Å². The van der Waals surface area contributed by atoms with Crippen LogP contribution in [0.5, 0.6) is 0 Å². The van der Waals surface area contributed by atoms with E-state index in [4.69, 9.17) is 0 Å². The standard InChI is InChI=1S/C22H22N6O4/c1-16-14-20(29)21(24-27(16)18-4-2-3-5-19(18)28(31)32)22(30)26-12-10-25(11-13-26)15-17-6-8-23-9-7-17/h2-9,14H,10-13,15H2,1H3. The largest absolute Gasteiger partial charge is 0.335 e. The Kier molecular flexibility index (Phi) is 6.04. The van der Waals surface area contributed by atoms with Crippen molar-refractivity contribution < 1.29 is 9.72 Å². The lowest BCUT2D eigenvalue weighted by atomic mass is 10.2. The Hall–Kier alpha value is -3.92. The first-order chi connectivity index (χ1) is 15.4. The van der Waals surface area contributed by atoms with Gasteiger partial charge in [0.1, 0.15) is 5.69 Å². The molecule has 4 rings (SSSR count). The number of carbonyl (C=O) groups excluding carboxylic acids is 1. The van der Waals surface area contributed by atoms with E-state index in [9.17, 15) is 19.7 Å². The number of piperazine rings is 1. The Morgan fingerprint density at radius 3 is 2.47 bits per heavy atom. The number of nitro groups is 1. The first kappa shape index (κ1) is 21.3. The maximum absolute atomic E-state index is 13.1. The number of amides is 1. The van der Waals surface area contributed by atoms with Crippen LogP contribution in [0.2, 0.25) is 0 Å². The van der Waals surface area contributed by atoms with Gasteiger partial charge >= 0.3 is 0 Å². The third-order valence-corrected chi connectivity index (χ3v) is 5.43. The summed E-state index contributed by atoms with van der Waals surface area (Å²) in [4.78, 5) is 44.4. The predicted octanol–water partition coefficient (Wildman–Crippen LogP) is 1.80. The number of para-hydroxylation sites is 2.